The minimum Gasteiger partial charge on any atom is -0.453 e. The average molecular weight is 525 g/mol. The van der Waals surface area contributed by atoms with Crippen LogP contribution in [0, 0.1) is 0 Å². The molecule has 0 fully saturated rings. The van der Waals surface area contributed by atoms with Gasteiger partial charge in [0.05, 0.1) is 28.4 Å². The summed E-state index contributed by atoms with van der Waals surface area (Å²) in [6.07, 6.45) is 1.86. The lowest BCUT2D eigenvalue weighted by Gasteiger charge is -2.47. The quantitative estimate of drug-likeness (QED) is 0.215. The summed E-state index contributed by atoms with van der Waals surface area (Å²) in [7, 11) is 0. The molecule has 0 radical (unpaired) electrons. The van der Waals surface area contributed by atoms with E-state index in [9.17, 15) is 0 Å². The molecule has 5 nitrogen and oxygen atoms in total. The first-order valence-corrected chi connectivity index (χ1v) is 13.8. The summed E-state index contributed by atoms with van der Waals surface area (Å²) in [6.45, 7) is 0.0120. The Kier molecular flexibility index (Phi) is 3.95. The van der Waals surface area contributed by atoms with Crippen molar-refractivity contribution >= 4 is 57.2 Å². The van der Waals surface area contributed by atoms with E-state index in [4.69, 9.17) is 14.5 Å². The molecule has 4 aliphatic heterocycles. The molecule has 0 saturated heterocycles. The second-order valence-corrected chi connectivity index (χ2v) is 10.8. The topological polar surface area (TPSA) is 37.8 Å². The summed E-state index contributed by atoms with van der Waals surface area (Å²) in [4.78, 5) is 9.56. The van der Waals surface area contributed by atoms with E-state index in [1.165, 1.54) is 16.4 Å². The molecule has 5 heterocycles. The zero-order valence-electron chi connectivity index (χ0n) is 21.8. The Balaban J connectivity index is 1.38. The van der Waals surface area contributed by atoms with Crippen molar-refractivity contribution in [3.63, 3.8) is 0 Å². The van der Waals surface area contributed by atoms with Gasteiger partial charge < -0.3 is 19.3 Å². The zero-order valence-corrected chi connectivity index (χ0v) is 21.8. The van der Waals surface area contributed by atoms with Gasteiger partial charge in [-0.3, -0.25) is 4.98 Å². The van der Waals surface area contributed by atoms with E-state index >= 15 is 0 Å². The highest BCUT2D eigenvalue weighted by Crippen LogP contribution is 2.56. The van der Waals surface area contributed by atoms with Gasteiger partial charge in [0.2, 0.25) is 0 Å². The van der Waals surface area contributed by atoms with Crippen LogP contribution < -0.4 is 35.7 Å². The van der Waals surface area contributed by atoms with Gasteiger partial charge >= 0.3 is 0 Å². The minimum atomic E-state index is 0.0120. The van der Waals surface area contributed by atoms with Crippen LogP contribution in [0.2, 0.25) is 0 Å². The van der Waals surface area contributed by atoms with Crippen molar-refractivity contribution in [3.8, 4) is 34.3 Å². The molecular weight excluding hydrogens is 505 g/mol. The maximum Gasteiger partial charge on any atom is 0.252 e. The maximum absolute atomic E-state index is 6.52. The van der Waals surface area contributed by atoms with Gasteiger partial charge in [-0.25, -0.2) is 0 Å². The molecular formula is C35H20BN3O2. The van der Waals surface area contributed by atoms with Crippen LogP contribution in [0.3, 0.4) is 0 Å². The second kappa shape index (κ2) is 7.58. The Labute approximate surface area is 236 Å². The molecule has 6 heteroatoms. The number of nitrogens with zero attached hydrogens (tertiary/aromatic N) is 3. The van der Waals surface area contributed by atoms with Crippen LogP contribution in [0.5, 0.6) is 23.0 Å². The van der Waals surface area contributed by atoms with Gasteiger partial charge in [0.1, 0.15) is 0 Å². The van der Waals surface area contributed by atoms with Crippen LogP contribution >= 0.6 is 0 Å². The van der Waals surface area contributed by atoms with Gasteiger partial charge in [0.15, 0.2) is 23.0 Å². The minimum absolute atomic E-state index is 0.0120. The molecule has 0 spiro atoms. The molecule has 0 saturated carbocycles. The molecule has 0 bridgehead atoms. The molecule has 10 rings (SSSR count). The predicted octanol–water partition coefficient (Wildman–Crippen LogP) is 7.04. The van der Waals surface area contributed by atoms with Gasteiger partial charge in [0.25, 0.3) is 6.71 Å². The van der Waals surface area contributed by atoms with Crippen LogP contribution in [-0.4, -0.2) is 11.7 Å². The first kappa shape index (κ1) is 21.4. The van der Waals surface area contributed by atoms with Gasteiger partial charge in [0, 0.05) is 23.1 Å². The highest BCUT2D eigenvalue weighted by molar-refractivity contribution is 7.00. The molecule has 0 unspecified atom stereocenters. The lowest BCUT2D eigenvalue weighted by atomic mass is 9.33. The highest BCUT2D eigenvalue weighted by Gasteiger charge is 2.48. The SMILES string of the molecule is c1ccc(-c2cc3c4c(c2)N2c5ccccc5Oc5cccc(c52)B4c2cccc4c2N3c2ccccc2O4)nc1. The average Bonchev–Trinajstić information content (AvgIpc) is 3.03. The van der Waals surface area contributed by atoms with Gasteiger partial charge in [-0.2, -0.15) is 0 Å². The number of fused-ring (bicyclic) bond motifs is 8. The predicted molar refractivity (Wildman–Crippen MR) is 164 cm³/mol. The summed E-state index contributed by atoms with van der Waals surface area (Å²) in [5, 5.41) is 0. The third-order valence-corrected chi connectivity index (χ3v) is 8.65. The lowest BCUT2D eigenvalue weighted by Crippen LogP contribution is -2.61. The van der Waals surface area contributed by atoms with E-state index in [1.54, 1.807) is 0 Å². The number of hydrogen-bond donors (Lipinski definition) is 0. The van der Waals surface area contributed by atoms with Gasteiger partial charge in [-0.1, -0.05) is 54.6 Å². The Morgan fingerprint density at radius 1 is 0.512 bits per heavy atom. The standard InChI is InChI=1S/C35H20BN3O2/c1-3-14-29-25(12-1)38-27-19-21(24-11-5-6-18-37-24)20-28-33(27)36(22-9-7-16-31(40-29)34(22)38)23-10-8-17-32-35(23)39(28)26-13-2-4-15-30(26)41-32/h1-20H. The normalized spacial score (nSPS) is 14.1. The molecule has 0 aliphatic carbocycles. The number of hydrogen-bond acceptors (Lipinski definition) is 5. The fraction of sp³-hybridized carbons (Fsp3) is 0. The molecule has 41 heavy (non-hydrogen) atoms. The maximum atomic E-state index is 6.52. The molecule has 4 aliphatic rings. The largest absolute Gasteiger partial charge is 0.453 e. The Morgan fingerprint density at radius 2 is 1.05 bits per heavy atom. The number of para-hydroxylation sites is 6. The summed E-state index contributed by atoms with van der Waals surface area (Å²) in [6, 6.07) is 40.2. The summed E-state index contributed by atoms with van der Waals surface area (Å²) in [5.74, 6) is 3.43. The Morgan fingerprint density at radius 3 is 1.61 bits per heavy atom. The van der Waals surface area contributed by atoms with Crippen LogP contribution in [-0.2, 0) is 0 Å². The molecule has 5 aromatic carbocycles. The number of anilines is 6. The molecule has 1 aromatic heterocycles. The molecule has 0 amide bonds. The van der Waals surface area contributed by atoms with Crippen molar-refractivity contribution in [2.24, 2.45) is 0 Å². The number of benzene rings is 5. The molecule has 190 valence electrons. The van der Waals surface area contributed by atoms with Crippen LogP contribution in [0.1, 0.15) is 0 Å². The van der Waals surface area contributed by atoms with E-state index in [-0.39, 0.29) is 6.71 Å². The number of aromatic nitrogens is 1. The monoisotopic (exact) mass is 525 g/mol. The van der Waals surface area contributed by atoms with E-state index in [0.717, 1.165) is 68.4 Å². The highest BCUT2D eigenvalue weighted by atomic mass is 16.5. The Hall–Kier alpha value is -5.49. The smallest absolute Gasteiger partial charge is 0.252 e. The van der Waals surface area contributed by atoms with Crippen molar-refractivity contribution in [3.05, 3.63) is 121 Å². The van der Waals surface area contributed by atoms with E-state index in [2.05, 4.69) is 88.7 Å². The fourth-order valence-corrected chi connectivity index (χ4v) is 7.07. The van der Waals surface area contributed by atoms with E-state index in [0.29, 0.717) is 0 Å². The first-order chi connectivity index (χ1) is 20.3. The number of ether oxygens (including phenoxy) is 2. The zero-order chi connectivity index (χ0) is 26.7. The van der Waals surface area contributed by atoms with E-state index < -0.39 is 0 Å². The molecule has 6 aromatic rings. The summed E-state index contributed by atoms with van der Waals surface area (Å²) in [5.41, 5.74) is 12.3. The summed E-state index contributed by atoms with van der Waals surface area (Å²) < 4.78 is 13.0. The van der Waals surface area contributed by atoms with Crippen molar-refractivity contribution in [2.75, 3.05) is 9.80 Å². The van der Waals surface area contributed by atoms with Crippen molar-refractivity contribution in [1.82, 2.24) is 4.98 Å². The number of pyridine rings is 1. The van der Waals surface area contributed by atoms with Gasteiger partial charge in [-0.05, 0) is 77.1 Å². The molecule has 0 atom stereocenters. The van der Waals surface area contributed by atoms with Crippen LogP contribution in [0.25, 0.3) is 11.3 Å². The fourth-order valence-electron chi connectivity index (χ4n) is 7.07. The first-order valence-electron chi connectivity index (χ1n) is 13.8. The third-order valence-electron chi connectivity index (χ3n) is 8.65. The van der Waals surface area contributed by atoms with Crippen molar-refractivity contribution in [2.45, 2.75) is 0 Å². The Bertz CT molecular complexity index is 1970. The van der Waals surface area contributed by atoms with E-state index in [1.807, 2.05) is 42.6 Å². The van der Waals surface area contributed by atoms with Crippen molar-refractivity contribution < 1.29 is 9.47 Å². The third kappa shape index (κ3) is 2.69. The second-order valence-electron chi connectivity index (χ2n) is 10.8. The lowest BCUT2D eigenvalue weighted by molar-refractivity contribution is 0.477. The van der Waals surface area contributed by atoms with Crippen LogP contribution in [0.15, 0.2) is 121 Å². The summed E-state index contributed by atoms with van der Waals surface area (Å²) >= 11 is 0. The van der Waals surface area contributed by atoms with Crippen LogP contribution in [0.4, 0.5) is 34.1 Å². The van der Waals surface area contributed by atoms with Gasteiger partial charge in [-0.15, -0.1) is 0 Å². The number of rotatable bonds is 1. The molecule has 0 N–H and O–H groups in total. The van der Waals surface area contributed by atoms with Crippen molar-refractivity contribution in [1.29, 1.82) is 0 Å².